The lowest BCUT2D eigenvalue weighted by Crippen LogP contribution is -2.44. The van der Waals surface area contributed by atoms with Gasteiger partial charge in [-0.3, -0.25) is 4.79 Å². The van der Waals surface area contributed by atoms with E-state index in [2.05, 4.69) is 4.98 Å². The largest absolute Gasteiger partial charge is 0.468 e. The van der Waals surface area contributed by atoms with Crippen LogP contribution in [-0.2, 0) is 4.74 Å². The van der Waals surface area contributed by atoms with E-state index in [0.717, 1.165) is 18.4 Å². The maximum Gasteiger partial charge on any atom is 0.290 e. The van der Waals surface area contributed by atoms with E-state index < -0.39 is 11.9 Å². The molecule has 1 amide bonds. The number of hydrogen-bond acceptors (Lipinski definition) is 5. The molecule has 0 radical (unpaired) electrons. The summed E-state index contributed by atoms with van der Waals surface area (Å²) in [6.07, 6.45) is 3.91. The number of amides is 1. The molecule has 2 fully saturated rings. The second-order valence-electron chi connectivity index (χ2n) is 6.38. The molecule has 2 aromatic heterocycles. The molecule has 6 nitrogen and oxygen atoms in total. The van der Waals surface area contributed by atoms with Gasteiger partial charge in [0.25, 0.3) is 11.8 Å². The van der Waals surface area contributed by atoms with Crippen molar-refractivity contribution in [3.05, 3.63) is 47.8 Å². The lowest BCUT2D eigenvalue weighted by Gasteiger charge is -2.31. The molecule has 4 rings (SSSR count). The van der Waals surface area contributed by atoms with Crippen molar-refractivity contribution in [2.75, 3.05) is 13.2 Å². The highest BCUT2D eigenvalue weighted by Crippen LogP contribution is 2.33. The van der Waals surface area contributed by atoms with Gasteiger partial charge in [0.1, 0.15) is 12.2 Å². The molecular formula is C18H19FN2O4. The monoisotopic (exact) mass is 346 g/mol. The molecule has 0 N–H and O–H groups in total. The molecule has 132 valence electrons. The summed E-state index contributed by atoms with van der Waals surface area (Å²) in [6, 6.07) is 4.45. The van der Waals surface area contributed by atoms with Gasteiger partial charge >= 0.3 is 0 Å². The van der Waals surface area contributed by atoms with E-state index in [-0.39, 0.29) is 23.9 Å². The van der Waals surface area contributed by atoms with Crippen molar-refractivity contribution in [3.63, 3.8) is 0 Å². The molecule has 2 aliphatic heterocycles. The fraction of sp³-hybridized carbons (Fsp3) is 0.444. The molecule has 2 saturated heterocycles. The first kappa shape index (κ1) is 16.1. The summed E-state index contributed by atoms with van der Waals surface area (Å²) in [5.74, 6) is -0.449. The molecule has 3 atom stereocenters. The maximum atomic E-state index is 13.9. The van der Waals surface area contributed by atoms with Crippen LogP contribution in [0, 0.1) is 12.7 Å². The number of carbonyl (C=O) groups is 1. The minimum absolute atomic E-state index is 0.0658. The fourth-order valence-electron chi connectivity index (χ4n) is 3.57. The van der Waals surface area contributed by atoms with Crippen LogP contribution in [0.5, 0.6) is 5.88 Å². The van der Waals surface area contributed by atoms with Gasteiger partial charge in [0.2, 0.25) is 0 Å². The minimum atomic E-state index is -0.526. The van der Waals surface area contributed by atoms with Gasteiger partial charge in [-0.2, -0.15) is 0 Å². The SMILES string of the molecule is Cc1ccoc1C(=O)N1C[C@@H](Oc2ncccc2F)[C@H]2OCCC[C@H]21. The van der Waals surface area contributed by atoms with Crippen molar-refractivity contribution < 1.29 is 23.1 Å². The first-order valence-electron chi connectivity index (χ1n) is 8.39. The second kappa shape index (κ2) is 6.48. The number of fused-ring (bicyclic) bond motifs is 1. The number of likely N-dealkylation sites (tertiary alicyclic amines) is 1. The van der Waals surface area contributed by atoms with Crippen LogP contribution in [-0.4, -0.2) is 47.2 Å². The Kier molecular flexibility index (Phi) is 4.17. The van der Waals surface area contributed by atoms with Crippen LogP contribution >= 0.6 is 0 Å². The van der Waals surface area contributed by atoms with Gasteiger partial charge in [-0.1, -0.05) is 0 Å². The zero-order valence-corrected chi connectivity index (χ0v) is 13.9. The Bertz CT molecular complexity index is 778. The number of nitrogens with zero attached hydrogens (tertiary/aromatic N) is 2. The zero-order valence-electron chi connectivity index (χ0n) is 13.9. The lowest BCUT2D eigenvalue weighted by atomic mass is 10.0. The zero-order chi connectivity index (χ0) is 17.4. The van der Waals surface area contributed by atoms with Crippen molar-refractivity contribution >= 4 is 5.91 Å². The summed E-state index contributed by atoms with van der Waals surface area (Å²) in [7, 11) is 0. The number of ether oxygens (including phenoxy) is 2. The predicted octanol–water partition coefficient (Wildman–Crippen LogP) is 2.57. The minimum Gasteiger partial charge on any atom is -0.468 e. The summed E-state index contributed by atoms with van der Waals surface area (Å²) in [5.41, 5.74) is 0.790. The molecule has 25 heavy (non-hydrogen) atoms. The highest BCUT2D eigenvalue weighted by molar-refractivity contribution is 5.93. The van der Waals surface area contributed by atoms with Crippen LogP contribution in [0.25, 0.3) is 0 Å². The van der Waals surface area contributed by atoms with Crippen LogP contribution in [0.2, 0.25) is 0 Å². The summed E-state index contributed by atoms with van der Waals surface area (Å²) < 4.78 is 30.8. The molecule has 7 heteroatoms. The van der Waals surface area contributed by atoms with Gasteiger partial charge in [-0.15, -0.1) is 0 Å². The lowest BCUT2D eigenvalue weighted by molar-refractivity contribution is -0.0464. The molecule has 2 aliphatic rings. The number of halogens is 1. The Morgan fingerprint density at radius 1 is 1.44 bits per heavy atom. The van der Waals surface area contributed by atoms with Crippen molar-refractivity contribution in [1.82, 2.24) is 9.88 Å². The van der Waals surface area contributed by atoms with E-state index in [1.165, 1.54) is 24.6 Å². The Morgan fingerprint density at radius 2 is 2.32 bits per heavy atom. The topological polar surface area (TPSA) is 64.8 Å². The quantitative estimate of drug-likeness (QED) is 0.855. The number of aryl methyl sites for hydroxylation is 1. The molecule has 0 unspecified atom stereocenters. The number of hydrogen-bond donors (Lipinski definition) is 0. The van der Waals surface area contributed by atoms with Crippen molar-refractivity contribution in [2.24, 2.45) is 0 Å². The van der Waals surface area contributed by atoms with E-state index in [9.17, 15) is 9.18 Å². The normalized spacial score (nSPS) is 25.7. The molecule has 2 aromatic rings. The average Bonchev–Trinajstić information content (AvgIpc) is 3.21. The van der Waals surface area contributed by atoms with Crippen LogP contribution in [0.15, 0.2) is 35.1 Å². The predicted molar refractivity (Wildman–Crippen MR) is 85.9 cm³/mol. The number of carbonyl (C=O) groups excluding carboxylic acids is 1. The van der Waals surface area contributed by atoms with E-state index in [1.807, 2.05) is 6.92 Å². The Hall–Kier alpha value is -2.41. The Balaban J connectivity index is 1.59. The van der Waals surface area contributed by atoms with Crippen molar-refractivity contribution in [3.8, 4) is 5.88 Å². The van der Waals surface area contributed by atoms with E-state index in [1.54, 1.807) is 11.0 Å². The number of aromatic nitrogens is 1. The summed E-state index contributed by atoms with van der Waals surface area (Å²) in [4.78, 5) is 18.5. The smallest absolute Gasteiger partial charge is 0.290 e. The molecule has 0 spiro atoms. The molecular weight excluding hydrogens is 327 g/mol. The Morgan fingerprint density at radius 3 is 3.08 bits per heavy atom. The van der Waals surface area contributed by atoms with Gasteiger partial charge in [-0.05, 0) is 38.0 Å². The summed E-state index contributed by atoms with van der Waals surface area (Å²) in [5, 5.41) is 0. The molecule has 4 heterocycles. The number of rotatable bonds is 3. The number of pyridine rings is 1. The number of furan rings is 1. The van der Waals surface area contributed by atoms with Gasteiger partial charge in [0.05, 0.1) is 18.8 Å². The highest BCUT2D eigenvalue weighted by atomic mass is 19.1. The van der Waals surface area contributed by atoms with E-state index >= 15 is 0 Å². The highest BCUT2D eigenvalue weighted by Gasteiger charge is 2.48. The third-order valence-corrected chi connectivity index (χ3v) is 4.78. The summed E-state index contributed by atoms with van der Waals surface area (Å²) in [6.45, 7) is 2.75. The van der Waals surface area contributed by atoms with Crippen LogP contribution in [0.4, 0.5) is 4.39 Å². The van der Waals surface area contributed by atoms with Gasteiger partial charge in [0.15, 0.2) is 11.6 Å². The molecule has 0 saturated carbocycles. The first-order chi connectivity index (χ1) is 12.1. The standard InChI is InChI=1S/C18H19FN2O4/c1-11-6-9-24-15(11)18(22)21-10-14(16-13(21)5-3-8-23-16)25-17-12(19)4-2-7-20-17/h2,4,6-7,9,13-14,16H,3,5,8,10H2,1H3/t13-,14-,16+/m1/s1. The van der Waals surface area contributed by atoms with Gasteiger partial charge < -0.3 is 18.8 Å². The fourth-order valence-corrected chi connectivity index (χ4v) is 3.57. The van der Waals surface area contributed by atoms with Gasteiger partial charge in [0, 0.05) is 18.4 Å². The van der Waals surface area contributed by atoms with Crippen LogP contribution in [0.1, 0.15) is 29.0 Å². The van der Waals surface area contributed by atoms with Crippen LogP contribution < -0.4 is 4.74 Å². The first-order valence-corrected chi connectivity index (χ1v) is 8.39. The molecule has 0 aromatic carbocycles. The second-order valence-corrected chi connectivity index (χ2v) is 6.38. The van der Waals surface area contributed by atoms with Crippen LogP contribution in [0.3, 0.4) is 0 Å². The third-order valence-electron chi connectivity index (χ3n) is 4.78. The van der Waals surface area contributed by atoms with E-state index in [4.69, 9.17) is 13.9 Å². The maximum absolute atomic E-state index is 13.9. The van der Waals surface area contributed by atoms with Gasteiger partial charge in [-0.25, -0.2) is 9.37 Å². The third kappa shape index (κ3) is 2.89. The Labute approximate surface area is 144 Å². The molecule has 0 bridgehead atoms. The summed E-state index contributed by atoms with van der Waals surface area (Å²) >= 11 is 0. The van der Waals surface area contributed by atoms with Crippen molar-refractivity contribution in [1.29, 1.82) is 0 Å². The average molecular weight is 346 g/mol. The van der Waals surface area contributed by atoms with Crippen molar-refractivity contribution in [2.45, 2.75) is 38.0 Å². The van der Waals surface area contributed by atoms with E-state index in [0.29, 0.717) is 18.9 Å². The molecule has 0 aliphatic carbocycles.